The lowest BCUT2D eigenvalue weighted by Crippen LogP contribution is -2.34. The first-order valence-electron chi connectivity index (χ1n) is 6.03. The number of carbonyl (C=O) groups excluding carboxylic acids is 1. The van der Waals surface area contributed by atoms with Crippen molar-refractivity contribution >= 4 is 23.2 Å². The molecule has 1 unspecified atom stereocenters. The molecule has 1 aliphatic heterocycles. The first-order valence-corrected chi connectivity index (χ1v) is 6.41. The second-order valence-corrected chi connectivity index (χ2v) is 5.68. The molecule has 1 aliphatic rings. The zero-order valence-electron chi connectivity index (χ0n) is 11.2. The van der Waals surface area contributed by atoms with E-state index in [1.807, 2.05) is 26.8 Å². The van der Waals surface area contributed by atoms with Gasteiger partial charge in [-0.2, -0.15) is 5.26 Å². The predicted molar refractivity (Wildman–Crippen MR) is 76.0 cm³/mol. The van der Waals surface area contributed by atoms with E-state index in [-0.39, 0.29) is 11.9 Å². The summed E-state index contributed by atoms with van der Waals surface area (Å²) in [7, 11) is 0. The van der Waals surface area contributed by atoms with Crippen molar-refractivity contribution in [2.45, 2.75) is 26.8 Å². The van der Waals surface area contributed by atoms with E-state index >= 15 is 0 Å². The predicted octanol–water partition coefficient (Wildman–Crippen LogP) is 3.53. The van der Waals surface area contributed by atoms with Crippen molar-refractivity contribution in [3.05, 3.63) is 40.9 Å². The van der Waals surface area contributed by atoms with Crippen LogP contribution in [0.2, 0.25) is 5.02 Å². The van der Waals surface area contributed by atoms with Crippen LogP contribution in [0.4, 0.5) is 5.69 Å². The Morgan fingerprint density at radius 3 is 2.53 bits per heavy atom. The molecular formula is C15H15ClN2O. The Balaban J connectivity index is 2.49. The molecule has 4 heteroatoms. The van der Waals surface area contributed by atoms with Crippen molar-refractivity contribution in [2.24, 2.45) is 5.41 Å². The molecule has 19 heavy (non-hydrogen) atoms. The Labute approximate surface area is 118 Å². The summed E-state index contributed by atoms with van der Waals surface area (Å²) in [6, 6.07) is 6.96. The van der Waals surface area contributed by atoms with Gasteiger partial charge >= 0.3 is 0 Å². The first kappa shape index (κ1) is 13.6. The molecule has 0 aliphatic carbocycles. The fraction of sp³-hybridized carbons (Fsp3) is 0.333. The van der Waals surface area contributed by atoms with Crippen molar-refractivity contribution in [1.82, 2.24) is 0 Å². The summed E-state index contributed by atoms with van der Waals surface area (Å²) in [5.74, 6) is 0.00535. The van der Waals surface area contributed by atoms with Crippen LogP contribution < -0.4 is 4.90 Å². The Morgan fingerprint density at radius 2 is 2.11 bits per heavy atom. The first-order chi connectivity index (χ1) is 8.80. The Bertz CT molecular complexity index is 613. The summed E-state index contributed by atoms with van der Waals surface area (Å²) < 4.78 is 0. The molecule has 0 N–H and O–H groups in total. The fourth-order valence-corrected chi connectivity index (χ4v) is 2.59. The highest BCUT2D eigenvalue weighted by Gasteiger charge is 2.47. The van der Waals surface area contributed by atoms with Crippen LogP contribution in [0.1, 0.15) is 26.3 Å². The molecular weight excluding hydrogens is 260 g/mol. The van der Waals surface area contributed by atoms with Gasteiger partial charge in [0.25, 0.3) is 0 Å². The summed E-state index contributed by atoms with van der Waals surface area (Å²) in [6.07, 6.45) is 0. The number of anilines is 1. The summed E-state index contributed by atoms with van der Waals surface area (Å²) in [5.41, 5.74) is 1.42. The molecule has 0 spiro atoms. The van der Waals surface area contributed by atoms with Crippen molar-refractivity contribution in [1.29, 1.82) is 5.26 Å². The van der Waals surface area contributed by atoms with Crippen molar-refractivity contribution in [2.75, 3.05) is 4.90 Å². The number of hydrogen-bond donors (Lipinski definition) is 0. The maximum absolute atomic E-state index is 12.5. The second kappa shape index (κ2) is 4.40. The molecule has 1 amide bonds. The quantitative estimate of drug-likeness (QED) is 0.736. The third-order valence-corrected chi connectivity index (χ3v) is 4.11. The molecule has 1 saturated heterocycles. The smallest absolute Gasteiger partial charge is 0.237 e. The molecule has 0 radical (unpaired) electrons. The highest BCUT2D eigenvalue weighted by molar-refractivity contribution is 6.32. The molecule has 3 nitrogen and oxygen atoms in total. The lowest BCUT2D eigenvalue weighted by molar-refractivity contribution is -0.123. The van der Waals surface area contributed by atoms with Crippen LogP contribution in [0.5, 0.6) is 0 Å². The Kier molecular flexibility index (Phi) is 3.15. The molecule has 1 aromatic carbocycles. The largest absolute Gasteiger partial charge is 0.305 e. The highest BCUT2D eigenvalue weighted by Crippen LogP contribution is 2.42. The number of nitrogens with zero attached hydrogens (tertiary/aromatic N) is 2. The van der Waals surface area contributed by atoms with Crippen LogP contribution in [0.3, 0.4) is 0 Å². The van der Waals surface area contributed by atoms with Crippen molar-refractivity contribution in [3.8, 4) is 6.07 Å². The molecule has 1 aromatic rings. The molecule has 2 rings (SSSR count). The highest BCUT2D eigenvalue weighted by atomic mass is 35.5. The average Bonchev–Trinajstić information content (AvgIpc) is 2.51. The van der Waals surface area contributed by atoms with Crippen LogP contribution >= 0.6 is 11.6 Å². The number of hydrogen-bond acceptors (Lipinski definition) is 2. The van der Waals surface area contributed by atoms with E-state index in [1.165, 1.54) is 0 Å². The van der Waals surface area contributed by atoms with Gasteiger partial charge in [0.15, 0.2) is 0 Å². The lowest BCUT2D eigenvalue weighted by Gasteiger charge is -2.22. The maximum Gasteiger partial charge on any atom is 0.237 e. The molecule has 1 heterocycles. The number of nitriles is 1. The third-order valence-electron chi connectivity index (χ3n) is 3.80. The molecule has 0 aromatic heterocycles. The van der Waals surface area contributed by atoms with Crippen LogP contribution in [-0.4, -0.2) is 11.9 Å². The van der Waals surface area contributed by atoms with Gasteiger partial charge in [-0.3, -0.25) is 4.79 Å². The minimum absolute atomic E-state index is 0.00535. The SMILES string of the molecule is C=C1C(C)N(c2ccc(C#N)c(Cl)c2)C(=O)C1(C)C. The van der Waals surface area contributed by atoms with E-state index in [0.717, 1.165) is 5.57 Å². The molecule has 0 bridgehead atoms. The van der Waals surface area contributed by atoms with Gasteiger partial charge in [0, 0.05) is 5.69 Å². The Morgan fingerprint density at radius 1 is 1.47 bits per heavy atom. The van der Waals surface area contributed by atoms with Crippen LogP contribution in [-0.2, 0) is 4.79 Å². The van der Waals surface area contributed by atoms with Crippen LogP contribution in [0, 0.1) is 16.7 Å². The number of amides is 1. The van der Waals surface area contributed by atoms with E-state index in [9.17, 15) is 4.79 Å². The number of halogens is 1. The van der Waals surface area contributed by atoms with Crippen molar-refractivity contribution in [3.63, 3.8) is 0 Å². The lowest BCUT2D eigenvalue weighted by atomic mass is 9.85. The van der Waals surface area contributed by atoms with Gasteiger partial charge in [0.05, 0.1) is 22.0 Å². The minimum atomic E-state index is -0.570. The zero-order chi connectivity index (χ0) is 14.4. The molecule has 1 fully saturated rings. The molecule has 1 atom stereocenters. The summed E-state index contributed by atoms with van der Waals surface area (Å²) in [5, 5.41) is 9.23. The number of benzene rings is 1. The molecule has 98 valence electrons. The van der Waals surface area contributed by atoms with Gasteiger partial charge in [-0.05, 0) is 44.5 Å². The zero-order valence-corrected chi connectivity index (χ0v) is 12.0. The van der Waals surface area contributed by atoms with E-state index in [4.69, 9.17) is 16.9 Å². The van der Waals surface area contributed by atoms with E-state index in [1.54, 1.807) is 23.1 Å². The fourth-order valence-electron chi connectivity index (χ4n) is 2.38. The van der Waals surface area contributed by atoms with E-state index in [0.29, 0.717) is 16.3 Å². The van der Waals surface area contributed by atoms with Gasteiger partial charge in [-0.25, -0.2) is 0 Å². The third kappa shape index (κ3) is 1.93. The van der Waals surface area contributed by atoms with Crippen molar-refractivity contribution < 1.29 is 4.79 Å². The van der Waals surface area contributed by atoms with Gasteiger partial charge in [0.2, 0.25) is 5.91 Å². The normalized spacial score (nSPS) is 21.6. The summed E-state index contributed by atoms with van der Waals surface area (Å²) in [6.45, 7) is 9.72. The second-order valence-electron chi connectivity index (χ2n) is 5.28. The van der Waals surface area contributed by atoms with Gasteiger partial charge < -0.3 is 4.90 Å². The summed E-state index contributed by atoms with van der Waals surface area (Å²) >= 11 is 6.03. The monoisotopic (exact) mass is 274 g/mol. The van der Waals surface area contributed by atoms with E-state index < -0.39 is 5.41 Å². The molecule has 0 saturated carbocycles. The van der Waals surface area contributed by atoms with E-state index in [2.05, 4.69) is 6.58 Å². The van der Waals surface area contributed by atoms with Gasteiger partial charge in [-0.1, -0.05) is 18.2 Å². The minimum Gasteiger partial charge on any atom is -0.305 e. The summed E-state index contributed by atoms with van der Waals surface area (Å²) in [4.78, 5) is 14.2. The van der Waals surface area contributed by atoms with Crippen LogP contribution in [0.25, 0.3) is 0 Å². The maximum atomic E-state index is 12.5. The topological polar surface area (TPSA) is 44.1 Å². The van der Waals surface area contributed by atoms with Crippen LogP contribution in [0.15, 0.2) is 30.4 Å². The van der Waals surface area contributed by atoms with Gasteiger partial charge in [0.1, 0.15) is 6.07 Å². The van der Waals surface area contributed by atoms with Gasteiger partial charge in [-0.15, -0.1) is 0 Å². The Hall–Kier alpha value is -1.79. The standard InChI is InChI=1S/C15H15ClN2O/c1-9-10(2)18(14(19)15(9,3)4)12-6-5-11(8-17)13(16)7-12/h5-7,10H,1H2,2-4H3. The number of rotatable bonds is 1. The number of carbonyl (C=O) groups is 1. The average molecular weight is 275 g/mol.